The van der Waals surface area contributed by atoms with Crippen molar-refractivity contribution in [2.45, 2.75) is 38.6 Å². The molecule has 2 aromatic carbocycles. The Morgan fingerprint density at radius 3 is 2.32 bits per heavy atom. The number of ether oxygens (including phenoxy) is 1. The van der Waals surface area contributed by atoms with Crippen molar-refractivity contribution < 1.29 is 17.9 Å². The van der Waals surface area contributed by atoms with Crippen molar-refractivity contribution in [2.24, 2.45) is 0 Å². The molecule has 0 spiro atoms. The van der Waals surface area contributed by atoms with Crippen LogP contribution in [0.5, 0.6) is 0 Å². The van der Waals surface area contributed by atoms with Gasteiger partial charge in [-0.25, -0.2) is 17.9 Å². The van der Waals surface area contributed by atoms with Crippen LogP contribution < -0.4 is 4.72 Å². The zero-order chi connectivity index (χ0) is 18.8. The predicted molar refractivity (Wildman–Crippen MR) is 97.2 cm³/mol. The highest BCUT2D eigenvalue weighted by atomic mass is 32.2. The van der Waals surface area contributed by atoms with Crippen molar-refractivity contribution in [1.29, 1.82) is 0 Å². The van der Waals surface area contributed by atoms with Crippen molar-refractivity contribution in [3.8, 4) is 0 Å². The highest BCUT2D eigenvalue weighted by Gasteiger charge is 2.21. The minimum atomic E-state index is -3.77. The van der Waals surface area contributed by atoms with E-state index in [1.54, 1.807) is 19.9 Å². The Morgan fingerprint density at radius 1 is 1.04 bits per heavy atom. The van der Waals surface area contributed by atoms with Crippen LogP contribution in [-0.2, 0) is 14.8 Å². The molecule has 5 nitrogen and oxygen atoms in total. The van der Waals surface area contributed by atoms with E-state index in [0.29, 0.717) is 5.56 Å². The normalized spacial score (nSPS) is 12.7. The molecule has 0 fully saturated rings. The number of hydrogen-bond donors (Lipinski definition) is 1. The molecular formula is C19H23NO4S. The van der Waals surface area contributed by atoms with Gasteiger partial charge in [0.05, 0.1) is 17.6 Å². The Bertz CT molecular complexity index is 904. The number of esters is 1. The van der Waals surface area contributed by atoms with E-state index >= 15 is 0 Å². The van der Waals surface area contributed by atoms with Gasteiger partial charge in [0.25, 0.3) is 0 Å². The Hall–Kier alpha value is -2.18. The van der Waals surface area contributed by atoms with Gasteiger partial charge in [0.2, 0.25) is 10.0 Å². The average molecular weight is 361 g/mol. The molecule has 2 aromatic rings. The van der Waals surface area contributed by atoms with E-state index in [2.05, 4.69) is 4.72 Å². The second-order valence-corrected chi connectivity index (χ2v) is 7.89. The second-order valence-electron chi connectivity index (χ2n) is 6.17. The summed E-state index contributed by atoms with van der Waals surface area (Å²) in [4.78, 5) is 11.8. The van der Waals surface area contributed by atoms with E-state index in [9.17, 15) is 13.2 Å². The molecule has 0 aromatic heterocycles. The fourth-order valence-corrected chi connectivity index (χ4v) is 4.02. The highest BCUT2D eigenvalue weighted by molar-refractivity contribution is 7.89. The van der Waals surface area contributed by atoms with Gasteiger partial charge < -0.3 is 4.74 Å². The van der Waals surface area contributed by atoms with Crippen molar-refractivity contribution in [3.63, 3.8) is 0 Å². The number of benzene rings is 2. The zero-order valence-electron chi connectivity index (χ0n) is 15.1. The van der Waals surface area contributed by atoms with E-state index in [0.717, 1.165) is 16.7 Å². The number of aryl methyl sites for hydroxylation is 3. The first kappa shape index (κ1) is 19.1. The lowest BCUT2D eigenvalue weighted by atomic mass is 10.0. The number of rotatable bonds is 5. The number of methoxy groups -OCH3 is 1. The lowest BCUT2D eigenvalue weighted by molar-refractivity contribution is 0.0599. The molecular weight excluding hydrogens is 338 g/mol. The Balaban J connectivity index is 2.34. The zero-order valence-corrected chi connectivity index (χ0v) is 15.9. The number of nitrogens with one attached hydrogen (secondary N) is 1. The molecule has 0 amide bonds. The maximum atomic E-state index is 12.7. The van der Waals surface area contributed by atoms with E-state index in [1.807, 2.05) is 32.0 Å². The van der Waals surface area contributed by atoms with Crippen molar-refractivity contribution in [2.75, 3.05) is 7.11 Å². The standard InChI is InChI=1S/C19H23NO4S/c1-12-6-9-17(14(3)10-12)15(4)20-25(22,23)16-8-7-13(2)18(11-16)19(21)24-5/h6-11,15,20H,1-5H3/t15-/m0/s1. The van der Waals surface area contributed by atoms with E-state index in [-0.39, 0.29) is 10.5 Å². The molecule has 0 saturated carbocycles. The Labute approximate surface area is 149 Å². The van der Waals surface area contributed by atoms with Gasteiger partial charge in [-0.05, 0) is 56.5 Å². The molecule has 6 heteroatoms. The third kappa shape index (κ3) is 4.27. The molecule has 0 bridgehead atoms. The van der Waals surface area contributed by atoms with Crippen LogP contribution in [0.2, 0.25) is 0 Å². The summed E-state index contributed by atoms with van der Waals surface area (Å²) in [5, 5.41) is 0. The van der Waals surface area contributed by atoms with E-state index in [1.165, 1.54) is 19.2 Å². The van der Waals surface area contributed by atoms with Crippen molar-refractivity contribution in [3.05, 3.63) is 64.2 Å². The number of hydrogen-bond acceptors (Lipinski definition) is 4. The maximum absolute atomic E-state index is 12.7. The molecule has 1 N–H and O–H groups in total. The molecule has 1 atom stereocenters. The third-order valence-electron chi connectivity index (χ3n) is 4.15. The lowest BCUT2D eigenvalue weighted by Crippen LogP contribution is -2.27. The third-order valence-corrected chi connectivity index (χ3v) is 5.69. The van der Waals surface area contributed by atoms with E-state index < -0.39 is 22.0 Å². The molecule has 25 heavy (non-hydrogen) atoms. The SMILES string of the molecule is COC(=O)c1cc(S(=O)(=O)N[C@@H](C)c2ccc(C)cc2C)ccc1C. The summed E-state index contributed by atoms with van der Waals surface area (Å²) < 4.78 is 32.8. The molecule has 0 aliphatic heterocycles. The first-order chi connectivity index (χ1) is 11.7. The van der Waals surface area contributed by atoms with Gasteiger partial charge >= 0.3 is 5.97 Å². The van der Waals surface area contributed by atoms with Crippen LogP contribution in [-0.4, -0.2) is 21.5 Å². The molecule has 0 aliphatic rings. The topological polar surface area (TPSA) is 72.5 Å². The van der Waals surface area contributed by atoms with Crippen LogP contribution in [0.25, 0.3) is 0 Å². The lowest BCUT2D eigenvalue weighted by Gasteiger charge is -2.18. The molecule has 0 unspecified atom stereocenters. The molecule has 0 saturated heterocycles. The molecule has 2 rings (SSSR count). The first-order valence-electron chi connectivity index (χ1n) is 7.94. The molecule has 0 aliphatic carbocycles. The second kappa shape index (κ2) is 7.37. The largest absolute Gasteiger partial charge is 0.465 e. The minimum absolute atomic E-state index is 0.0371. The van der Waals surface area contributed by atoms with Crippen LogP contribution in [0, 0.1) is 20.8 Å². The predicted octanol–water partition coefficient (Wildman–Crippen LogP) is 3.44. The minimum Gasteiger partial charge on any atom is -0.465 e. The Morgan fingerprint density at radius 2 is 1.72 bits per heavy atom. The smallest absolute Gasteiger partial charge is 0.338 e. The van der Waals surface area contributed by atoms with Gasteiger partial charge in [-0.2, -0.15) is 0 Å². The highest BCUT2D eigenvalue weighted by Crippen LogP contribution is 2.22. The average Bonchev–Trinajstić information content (AvgIpc) is 2.53. The summed E-state index contributed by atoms with van der Waals surface area (Å²) in [6.07, 6.45) is 0. The maximum Gasteiger partial charge on any atom is 0.338 e. The Kier molecular flexibility index (Phi) is 5.65. The number of carbonyl (C=O) groups excluding carboxylic acids is 1. The number of carbonyl (C=O) groups is 1. The van der Waals surface area contributed by atoms with Crippen LogP contribution in [0.1, 0.15) is 45.6 Å². The van der Waals surface area contributed by atoms with Crippen LogP contribution >= 0.6 is 0 Å². The summed E-state index contributed by atoms with van der Waals surface area (Å²) >= 11 is 0. The van der Waals surface area contributed by atoms with Gasteiger partial charge in [-0.15, -0.1) is 0 Å². The summed E-state index contributed by atoms with van der Waals surface area (Å²) in [5.41, 5.74) is 3.96. The number of sulfonamides is 1. The van der Waals surface area contributed by atoms with Gasteiger partial charge in [-0.1, -0.05) is 29.8 Å². The van der Waals surface area contributed by atoms with Crippen LogP contribution in [0.4, 0.5) is 0 Å². The summed E-state index contributed by atoms with van der Waals surface area (Å²) in [6, 6.07) is 9.93. The fourth-order valence-electron chi connectivity index (χ4n) is 2.77. The van der Waals surface area contributed by atoms with Gasteiger partial charge in [0.15, 0.2) is 0 Å². The van der Waals surface area contributed by atoms with Crippen LogP contribution in [0.15, 0.2) is 41.3 Å². The summed E-state index contributed by atoms with van der Waals surface area (Å²) in [5.74, 6) is -0.558. The van der Waals surface area contributed by atoms with Gasteiger partial charge in [0, 0.05) is 6.04 Å². The van der Waals surface area contributed by atoms with Crippen molar-refractivity contribution >= 4 is 16.0 Å². The quantitative estimate of drug-likeness (QED) is 0.828. The summed E-state index contributed by atoms with van der Waals surface area (Å²) in [6.45, 7) is 7.47. The first-order valence-corrected chi connectivity index (χ1v) is 9.42. The van der Waals surface area contributed by atoms with Crippen molar-refractivity contribution in [1.82, 2.24) is 4.72 Å². The van der Waals surface area contributed by atoms with Gasteiger partial charge in [-0.3, -0.25) is 0 Å². The summed E-state index contributed by atoms with van der Waals surface area (Å²) in [7, 11) is -2.51. The molecule has 134 valence electrons. The fraction of sp³-hybridized carbons (Fsp3) is 0.316. The monoisotopic (exact) mass is 361 g/mol. The van der Waals surface area contributed by atoms with E-state index in [4.69, 9.17) is 4.74 Å². The van der Waals surface area contributed by atoms with Crippen LogP contribution in [0.3, 0.4) is 0 Å². The van der Waals surface area contributed by atoms with Gasteiger partial charge in [0.1, 0.15) is 0 Å². The molecule has 0 radical (unpaired) electrons. The molecule has 0 heterocycles.